The minimum absolute atomic E-state index is 0.144. The van der Waals surface area contributed by atoms with Crippen LogP contribution in [0.5, 0.6) is 5.75 Å². The summed E-state index contributed by atoms with van der Waals surface area (Å²) in [5.74, 6) is 0.415. The van der Waals surface area contributed by atoms with Crippen LogP contribution in [0.1, 0.15) is 12.5 Å². The van der Waals surface area contributed by atoms with Gasteiger partial charge in [-0.25, -0.2) is 9.67 Å². The number of fused-ring (bicyclic) bond motifs is 1. The van der Waals surface area contributed by atoms with Crippen molar-refractivity contribution < 1.29 is 9.53 Å². The molecule has 0 spiro atoms. The lowest BCUT2D eigenvalue weighted by atomic mass is 10.2. The van der Waals surface area contributed by atoms with Gasteiger partial charge in [0.15, 0.2) is 11.8 Å². The van der Waals surface area contributed by atoms with E-state index in [4.69, 9.17) is 4.74 Å². The van der Waals surface area contributed by atoms with E-state index < -0.39 is 6.10 Å². The van der Waals surface area contributed by atoms with E-state index in [1.807, 2.05) is 48.5 Å². The molecule has 0 unspecified atom stereocenters. The van der Waals surface area contributed by atoms with Crippen molar-refractivity contribution in [3.05, 3.63) is 89.1 Å². The molecule has 0 saturated heterocycles. The molecule has 1 atom stereocenters. The molecule has 0 radical (unpaired) electrons. The molecule has 2 aromatic heterocycles. The van der Waals surface area contributed by atoms with E-state index in [9.17, 15) is 9.59 Å². The molecule has 0 saturated carbocycles. The summed E-state index contributed by atoms with van der Waals surface area (Å²) in [4.78, 5) is 29.5. The van der Waals surface area contributed by atoms with Crippen molar-refractivity contribution in [2.45, 2.75) is 26.1 Å². The Balaban J connectivity index is 1.37. The van der Waals surface area contributed by atoms with Crippen LogP contribution in [0, 0.1) is 0 Å². The first-order valence-electron chi connectivity index (χ1n) is 10.1. The van der Waals surface area contributed by atoms with Crippen LogP contribution in [0.2, 0.25) is 0 Å². The zero-order valence-electron chi connectivity index (χ0n) is 17.1. The van der Waals surface area contributed by atoms with Gasteiger partial charge in [-0.05, 0) is 24.6 Å². The molecular weight excluding hydrogens is 394 g/mol. The largest absolute Gasteiger partial charge is 0.481 e. The minimum Gasteiger partial charge on any atom is -0.481 e. The zero-order chi connectivity index (χ0) is 21.6. The van der Waals surface area contributed by atoms with E-state index >= 15 is 0 Å². The Morgan fingerprint density at radius 1 is 1.10 bits per heavy atom. The summed E-state index contributed by atoms with van der Waals surface area (Å²) in [7, 11) is 0. The summed E-state index contributed by atoms with van der Waals surface area (Å²) >= 11 is 0. The molecule has 2 heterocycles. The predicted octanol–water partition coefficient (Wildman–Crippen LogP) is 2.22. The first kappa shape index (κ1) is 20.3. The van der Waals surface area contributed by atoms with E-state index in [-0.39, 0.29) is 11.5 Å². The lowest BCUT2D eigenvalue weighted by Crippen LogP contribution is -2.38. The first-order valence-corrected chi connectivity index (χ1v) is 10.1. The van der Waals surface area contributed by atoms with E-state index in [2.05, 4.69) is 15.4 Å². The average molecular weight is 417 g/mol. The SMILES string of the molecule is C[C@H](Oc1ccccc1)C(=O)NCCn1ncc2c(=O)n(Cc3ccccc3)cnc21. The van der Waals surface area contributed by atoms with Crippen LogP contribution in [0.3, 0.4) is 0 Å². The second-order valence-electron chi connectivity index (χ2n) is 7.13. The molecule has 4 aromatic rings. The summed E-state index contributed by atoms with van der Waals surface area (Å²) in [6.07, 6.45) is 2.43. The number of amides is 1. The number of para-hydroxylation sites is 1. The van der Waals surface area contributed by atoms with Crippen molar-refractivity contribution in [1.82, 2.24) is 24.6 Å². The molecule has 0 aliphatic carbocycles. The third-order valence-corrected chi connectivity index (χ3v) is 4.87. The van der Waals surface area contributed by atoms with Gasteiger partial charge in [-0.3, -0.25) is 14.2 Å². The fraction of sp³-hybridized carbons (Fsp3) is 0.217. The number of carbonyl (C=O) groups excluding carboxylic acids is 1. The topological polar surface area (TPSA) is 91.0 Å². The molecule has 1 amide bonds. The summed E-state index contributed by atoms with van der Waals surface area (Å²) in [5, 5.41) is 7.55. The highest BCUT2D eigenvalue weighted by atomic mass is 16.5. The van der Waals surface area contributed by atoms with Gasteiger partial charge in [-0.1, -0.05) is 48.5 Å². The molecule has 8 nitrogen and oxygen atoms in total. The number of nitrogens with one attached hydrogen (secondary N) is 1. The van der Waals surface area contributed by atoms with Crippen LogP contribution in [0.15, 0.2) is 78.0 Å². The van der Waals surface area contributed by atoms with Crippen LogP contribution in [0.4, 0.5) is 0 Å². The molecule has 31 heavy (non-hydrogen) atoms. The van der Waals surface area contributed by atoms with Gasteiger partial charge < -0.3 is 10.1 Å². The molecule has 4 rings (SSSR count). The first-order chi connectivity index (χ1) is 15.1. The van der Waals surface area contributed by atoms with Crippen molar-refractivity contribution >= 4 is 16.9 Å². The average Bonchev–Trinajstić information content (AvgIpc) is 3.21. The third kappa shape index (κ3) is 4.80. The Morgan fingerprint density at radius 3 is 2.55 bits per heavy atom. The van der Waals surface area contributed by atoms with Gasteiger partial charge in [0, 0.05) is 6.54 Å². The molecule has 158 valence electrons. The Kier molecular flexibility index (Phi) is 6.07. The second kappa shape index (κ2) is 9.25. The van der Waals surface area contributed by atoms with Crippen molar-refractivity contribution in [2.75, 3.05) is 6.54 Å². The normalized spacial score (nSPS) is 11.9. The van der Waals surface area contributed by atoms with Gasteiger partial charge >= 0.3 is 0 Å². The maximum Gasteiger partial charge on any atom is 0.264 e. The Bertz CT molecular complexity index is 1220. The monoisotopic (exact) mass is 417 g/mol. The molecule has 1 N–H and O–H groups in total. The smallest absolute Gasteiger partial charge is 0.264 e. The van der Waals surface area contributed by atoms with Gasteiger partial charge in [0.25, 0.3) is 11.5 Å². The van der Waals surface area contributed by atoms with Crippen LogP contribution in [0.25, 0.3) is 11.0 Å². The van der Waals surface area contributed by atoms with Crippen LogP contribution in [-0.2, 0) is 17.9 Å². The number of rotatable bonds is 8. The predicted molar refractivity (Wildman–Crippen MR) is 117 cm³/mol. The standard InChI is InChI=1S/C23H23N5O3/c1-17(31-19-10-6-3-7-11-19)22(29)24-12-13-28-21-20(14-26-28)23(30)27(16-25-21)15-18-8-4-2-5-9-18/h2-11,14,16-17H,12-13,15H2,1H3,(H,24,29)/t17-/m0/s1. The van der Waals surface area contributed by atoms with Crippen LogP contribution < -0.4 is 15.6 Å². The minimum atomic E-state index is -0.625. The highest BCUT2D eigenvalue weighted by Gasteiger charge is 2.15. The van der Waals surface area contributed by atoms with E-state index in [0.717, 1.165) is 5.56 Å². The zero-order valence-corrected chi connectivity index (χ0v) is 17.1. The van der Waals surface area contributed by atoms with E-state index in [1.165, 1.54) is 12.5 Å². The highest BCUT2D eigenvalue weighted by molar-refractivity contribution is 5.80. The fourth-order valence-corrected chi connectivity index (χ4v) is 3.24. The third-order valence-electron chi connectivity index (χ3n) is 4.87. The molecule has 2 aromatic carbocycles. The summed E-state index contributed by atoms with van der Waals surface area (Å²) in [5.41, 5.74) is 1.37. The summed E-state index contributed by atoms with van der Waals surface area (Å²) in [6, 6.07) is 18.9. The molecular formula is C23H23N5O3. The number of aromatic nitrogens is 4. The van der Waals surface area contributed by atoms with Crippen molar-refractivity contribution in [3.8, 4) is 5.75 Å². The van der Waals surface area contributed by atoms with Crippen LogP contribution >= 0.6 is 0 Å². The van der Waals surface area contributed by atoms with E-state index in [0.29, 0.717) is 36.4 Å². The molecule has 0 bridgehead atoms. The van der Waals surface area contributed by atoms with Gasteiger partial charge in [0.1, 0.15) is 17.5 Å². The molecule has 0 fully saturated rings. The quantitative estimate of drug-likeness (QED) is 0.475. The molecule has 0 aliphatic heterocycles. The number of hydrogen-bond donors (Lipinski definition) is 1. The summed E-state index contributed by atoms with van der Waals surface area (Å²) in [6.45, 7) is 2.88. The number of ether oxygens (including phenoxy) is 1. The Morgan fingerprint density at radius 2 is 1.81 bits per heavy atom. The van der Waals surface area contributed by atoms with Crippen molar-refractivity contribution in [1.29, 1.82) is 0 Å². The van der Waals surface area contributed by atoms with Gasteiger partial charge in [0.05, 0.1) is 19.3 Å². The number of hydrogen-bond acceptors (Lipinski definition) is 5. The van der Waals surface area contributed by atoms with Crippen molar-refractivity contribution in [2.24, 2.45) is 0 Å². The highest BCUT2D eigenvalue weighted by Crippen LogP contribution is 2.11. The second-order valence-corrected chi connectivity index (χ2v) is 7.13. The van der Waals surface area contributed by atoms with Gasteiger partial charge in [0.2, 0.25) is 0 Å². The van der Waals surface area contributed by atoms with Gasteiger partial charge in [-0.2, -0.15) is 5.10 Å². The van der Waals surface area contributed by atoms with Gasteiger partial charge in [-0.15, -0.1) is 0 Å². The molecule has 0 aliphatic rings. The summed E-state index contributed by atoms with van der Waals surface area (Å²) < 4.78 is 8.80. The lowest BCUT2D eigenvalue weighted by molar-refractivity contribution is -0.127. The number of benzene rings is 2. The Hall–Kier alpha value is -3.94. The van der Waals surface area contributed by atoms with Crippen molar-refractivity contribution in [3.63, 3.8) is 0 Å². The maximum atomic E-state index is 12.8. The van der Waals surface area contributed by atoms with Crippen LogP contribution in [-0.4, -0.2) is 37.9 Å². The fourth-order valence-electron chi connectivity index (χ4n) is 3.24. The van der Waals surface area contributed by atoms with E-state index in [1.54, 1.807) is 28.3 Å². The molecule has 8 heteroatoms. The Labute approximate surface area is 179 Å². The maximum absolute atomic E-state index is 12.8. The lowest BCUT2D eigenvalue weighted by Gasteiger charge is -2.14. The number of carbonyl (C=O) groups is 1. The number of nitrogens with zero attached hydrogens (tertiary/aromatic N) is 4.